The van der Waals surface area contributed by atoms with Crippen LogP contribution in [0.2, 0.25) is 0 Å². The SMILES string of the molecule is COc1cc(C(=O)O)ccc1OCc1ccc(C#N)cc1. The van der Waals surface area contributed by atoms with Crippen molar-refractivity contribution in [2.75, 3.05) is 7.11 Å². The van der Waals surface area contributed by atoms with Crippen molar-refractivity contribution in [3.8, 4) is 17.6 Å². The van der Waals surface area contributed by atoms with Crippen LogP contribution in [-0.2, 0) is 6.61 Å². The molecule has 21 heavy (non-hydrogen) atoms. The second kappa shape index (κ2) is 6.44. The van der Waals surface area contributed by atoms with Gasteiger partial charge in [0, 0.05) is 0 Å². The zero-order valence-electron chi connectivity index (χ0n) is 11.4. The summed E-state index contributed by atoms with van der Waals surface area (Å²) in [6.07, 6.45) is 0. The topological polar surface area (TPSA) is 79.6 Å². The first-order valence-electron chi connectivity index (χ1n) is 6.17. The van der Waals surface area contributed by atoms with Crippen LogP contribution in [0.3, 0.4) is 0 Å². The molecule has 0 fully saturated rings. The second-order valence-electron chi connectivity index (χ2n) is 4.27. The van der Waals surface area contributed by atoms with E-state index in [-0.39, 0.29) is 5.56 Å². The Hall–Kier alpha value is -3.00. The Balaban J connectivity index is 2.12. The van der Waals surface area contributed by atoms with Crippen molar-refractivity contribution < 1.29 is 19.4 Å². The molecular formula is C16H13NO4. The Morgan fingerprint density at radius 2 is 1.90 bits per heavy atom. The van der Waals surface area contributed by atoms with Gasteiger partial charge in [-0.15, -0.1) is 0 Å². The molecule has 5 heteroatoms. The predicted molar refractivity (Wildman–Crippen MR) is 75.4 cm³/mol. The molecule has 0 spiro atoms. The first-order chi connectivity index (χ1) is 10.1. The zero-order valence-corrected chi connectivity index (χ0v) is 11.4. The number of nitriles is 1. The molecule has 0 aliphatic heterocycles. The summed E-state index contributed by atoms with van der Waals surface area (Å²) in [4.78, 5) is 10.9. The normalized spacial score (nSPS) is 9.71. The van der Waals surface area contributed by atoms with Crippen molar-refractivity contribution in [2.45, 2.75) is 6.61 Å². The summed E-state index contributed by atoms with van der Waals surface area (Å²) in [7, 11) is 1.45. The summed E-state index contributed by atoms with van der Waals surface area (Å²) in [5, 5.41) is 17.7. The van der Waals surface area contributed by atoms with Gasteiger partial charge in [0.2, 0.25) is 0 Å². The molecule has 0 aromatic heterocycles. The standard InChI is InChI=1S/C16H13NO4/c1-20-15-8-13(16(18)19)6-7-14(15)21-10-12-4-2-11(9-17)3-5-12/h2-8H,10H2,1H3,(H,18,19). The molecule has 0 amide bonds. The summed E-state index contributed by atoms with van der Waals surface area (Å²) in [5.41, 5.74) is 1.62. The molecule has 0 saturated heterocycles. The van der Waals surface area contributed by atoms with Crippen LogP contribution in [0.15, 0.2) is 42.5 Å². The van der Waals surface area contributed by atoms with E-state index in [0.717, 1.165) is 5.56 Å². The minimum atomic E-state index is -1.02. The molecule has 5 nitrogen and oxygen atoms in total. The van der Waals surface area contributed by atoms with Crippen molar-refractivity contribution in [1.82, 2.24) is 0 Å². The van der Waals surface area contributed by atoms with E-state index in [1.165, 1.54) is 19.2 Å². The minimum absolute atomic E-state index is 0.137. The third-order valence-electron chi connectivity index (χ3n) is 2.89. The Kier molecular flexibility index (Phi) is 4.42. The number of aromatic carboxylic acids is 1. The highest BCUT2D eigenvalue weighted by molar-refractivity contribution is 5.88. The van der Waals surface area contributed by atoms with Gasteiger partial charge in [-0.3, -0.25) is 0 Å². The lowest BCUT2D eigenvalue weighted by Gasteiger charge is -2.11. The molecule has 0 unspecified atom stereocenters. The minimum Gasteiger partial charge on any atom is -0.493 e. The summed E-state index contributed by atoms with van der Waals surface area (Å²) in [6, 6.07) is 13.5. The van der Waals surface area contributed by atoms with Crippen molar-refractivity contribution >= 4 is 5.97 Å². The average molecular weight is 283 g/mol. The fraction of sp³-hybridized carbons (Fsp3) is 0.125. The molecule has 0 radical (unpaired) electrons. The number of carboxylic acids is 1. The van der Waals surface area contributed by atoms with Gasteiger partial charge in [0.15, 0.2) is 11.5 Å². The molecule has 0 saturated carbocycles. The molecule has 106 valence electrons. The lowest BCUT2D eigenvalue weighted by molar-refractivity contribution is 0.0696. The van der Waals surface area contributed by atoms with Crippen LogP contribution >= 0.6 is 0 Å². The lowest BCUT2D eigenvalue weighted by atomic mass is 10.1. The van der Waals surface area contributed by atoms with Gasteiger partial charge < -0.3 is 14.6 Å². The third-order valence-corrected chi connectivity index (χ3v) is 2.89. The Morgan fingerprint density at radius 1 is 1.19 bits per heavy atom. The molecule has 0 aliphatic carbocycles. The van der Waals surface area contributed by atoms with Crippen LogP contribution < -0.4 is 9.47 Å². The largest absolute Gasteiger partial charge is 0.493 e. The monoisotopic (exact) mass is 283 g/mol. The smallest absolute Gasteiger partial charge is 0.335 e. The Labute approximate surface area is 122 Å². The van der Waals surface area contributed by atoms with Gasteiger partial charge in [-0.05, 0) is 35.9 Å². The number of nitrogens with zero attached hydrogens (tertiary/aromatic N) is 1. The highest BCUT2D eigenvalue weighted by Crippen LogP contribution is 2.28. The first kappa shape index (κ1) is 14.4. The molecule has 1 N–H and O–H groups in total. The number of carboxylic acid groups (broad SMARTS) is 1. The van der Waals surface area contributed by atoms with Crippen molar-refractivity contribution in [3.05, 3.63) is 59.2 Å². The van der Waals surface area contributed by atoms with E-state index in [1.54, 1.807) is 30.3 Å². The van der Waals surface area contributed by atoms with Gasteiger partial charge >= 0.3 is 5.97 Å². The van der Waals surface area contributed by atoms with E-state index < -0.39 is 5.97 Å². The Morgan fingerprint density at radius 3 is 2.48 bits per heavy atom. The van der Waals surface area contributed by atoms with Crippen LogP contribution in [-0.4, -0.2) is 18.2 Å². The average Bonchev–Trinajstić information content (AvgIpc) is 2.53. The molecule has 0 aliphatic rings. The number of carbonyl (C=O) groups is 1. The summed E-state index contributed by atoms with van der Waals surface area (Å²) in [5.74, 6) is -0.192. The molecule has 0 bridgehead atoms. The van der Waals surface area contributed by atoms with E-state index in [9.17, 15) is 4.79 Å². The number of hydrogen-bond acceptors (Lipinski definition) is 4. The molecular weight excluding hydrogens is 270 g/mol. The molecule has 0 heterocycles. The van der Waals surface area contributed by atoms with E-state index in [4.69, 9.17) is 19.8 Å². The highest BCUT2D eigenvalue weighted by Gasteiger charge is 2.10. The highest BCUT2D eigenvalue weighted by atomic mass is 16.5. The fourth-order valence-electron chi connectivity index (χ4n) is 1.76. The van der Waals surface area contributed by atoms with E-state index in [1.807, 2.05) is 6.07 Å². The zero-order chi connectivity index (χ0) is 15.2. The van der Waals surface area contributed by atoms with Crippen molar-refractivity contribution in [2.24, 2.45) is 0 Å². The molecule has 2 rings (SSSR count). The van der Waals surface area contributed by atoms with Crippen LogP contribution in [0.1, 0.15) is 21.5 Å². The van der Waals surface area contributed by atoms with Crippen molar-refractivity contribution in [3.63, 3.8) is 0 Å². The van der Waals surface area contributed by atoms with E-state index in [0.29, 0.717) is 23.7 Å². The second-order valence-corrected chi connectivity index (χ2v) is 4.27. The Bertz CT molecular complexity index is 686. The van der Waals surface area contributed by atoms with E-state index >= 15 is 0 Å². The third kappa shape index (κ3) is 3.51. The van der Waals surface area contributed by atoms with Crippen LogP contribution in [0, 0.1) is 11.3 Å². The molecule has 2 aromatic carbocycles. The summed E-state index contributed by atoms with van der Waals surface area (Å²) in [6.45, 7) is 0.300. The molecule has 0 atom stereocenters. The van der Waals surface area contributed by atoms with Crippen LogP contribution in [0.25, 0.3) is 0 Å². The van der Waals surface area contributed by atoms with Gasteiger partial charge in [0.1, 0.15) is 6.61 Å². The fourth-order valence-corrected chi connectivity index (χ4v) is 1.76. The maximum Gasteiger partial charge on any atom is 0.335 e. The lowest BCUT2D eigenvalue weighted by Crippen LogP contribution is -2.01. The van der Waals surface area contributed by atoms with Gasteiger partial charge in [0.25, 0.3) is 0 Å². The molecule has 2 aromatic rings. The quantitative estimate of drug-likeness (QED) is 0.912. The predicted octanol–water partition coefficient (Wildman–Crippen LogP) is 2.84. The summed E-state index contributed by atoms with van der Waals surface area (Å²) < 4.78 is 10.8. The van der Waals surface area contributed by atoms with Crippen LogP contribution in [0.4, 0.5) is 0 Å². The number of hydrogen-bond donors (Lipinski definition) is 1. The van der Waals surface area contributed by atoms with Gasteiger partial charge in [-0.25, -0.2) is 4.79 Å². The summed E-state index contributed by atoms with van der Waals surface area (Å²) >= 11 is 0. The number of methoxy groups -OCH3 is 1. The number of ether oxygens (including phenoxy) is 2. The maximum atomic E-state index is 10.9. The van der Waals surface area contributed by atoms with E-state index in [2.05, 4.69) is 0 Å². The maximum absolute atomic E-state index is 10.9. The number of benzene rings is 2. The van der Waals surface area contributed by atoms with Crippen molar-refractivity contribution in [1.29, 1.82) is 5.26 Å². The first-order valence-corrected chi connectivity index (χ1v) is 6.17. The van der Waals surface area contributed by atoms with Crippen LogP contribution in [0.5, 0.6) is 11.5 Å². The van der Waals surface area contributed by atoms with Gasteiger partial charge in [-0.2, -0.15) is 5.26 Å². The van der Waals surface area contributed by atoms with Gasteiger partial charge in [0.05, 0.1) is 24.3 Å². The number of rotatable bonds is 5. The van der Waals surface area contributed by atoms with Gasteiger partial charge in [-0.1, -0.05) is 12.1 Å².